The van der Waals surface area contributed by atoms with Crippen LogP contribution in [0, 0.1) is 5.92 Å². The van der Waals surface area contributed by atoms with Gasteiger partial charge in [0.25, 0.3) is 15.9 Å². The van der Waals surface area contributed by atoms with Gasteiger partial charge in [-0.15, -0.1) is 0 Å². The quantitative estimate of drug-likeness (QED) is 0.521. The molecule has 0 saturated carbocycles. The van der Waals surface area contributed by atoms with Gasteiger partial charge < -0.3 is 9.64 Å². The van der Waals surface area contributed by atoms with Gasteiger partial charge in [-0.3, -0.25) is 4.79 Å². The standard InChI is InChI=1S/C26H30N4O4S/c1-18-15-17-30(26(18,3)4)24-21(12-9-16-27-24)25(31)29-35(32,33)23-14-8-13-22(28-23)34-19(2)20-10-6-5-7-11-20/h5-14,16,18-19H,15,17H2,1-4H3,(H,29,31). The highest BCUT2D eigenvalue weighted by Crippen LogP contribution is 2.38. The molecule has 184 valence electrons. The van der Waals surface area contributed by atoms with Crippen LogP contribution >= 0.6 is 0 Å². The Balaban J connectivity index is 1.55. The first-order valence-corrected chi connectivity index (χ1v) is 13.1. The molecule has 1 fully saturated rings. The predicted molar refractivity (Wildman–Crippen MR) is 134 cm³/mol. The van der Waals surface area contributed by atoms with Crippen LogP contribution in [0.5, 0.6) is 5.88 Å². The third-order valence-electron chi connectivity index (χ3n) is 6.74. The van der Waals surface area contributed by atoms with Crippen molar-refractivity contribution in [2.45, 2.75) is 50.8 Å². The van der Waals surface area contributed by atoms with E-state index in [1.54, 1.807) is 24.4 Å². The summed E-state index contributed by atoms with van der Waals surface area (Å²) in [5.41, 5.74) is 0.910. The molecule has 2 unspecified atom stereocenters. The molecule has 35 heavy (non-hydrogen) atoms. The fourth-order valence-electron chi connectivity index (χ4n) is 4.21. The molecule has 2 atom stereocenters. The maximum atomic E-state index is 13.1. The SMILES string of the molecule is CC(Oc1cccc(S(=O)(=O)NC(=O)c2cccnc2N2CCC(C)C2(C)C)n1)c1ccccc1. The number of anilines is 1. The van der Waals surface area contributed by atoms with Gasteiger partial charge in [-0.25, -0.2) is 9.71 Å². The van der Waals surface area contributed by atoms with Gasteiger partial charge in [0, 0.05) is 24.3 Å². The van der Waals surface area contributed by atoms with Crippen molar-refractivity contribution in [2.75, 3.05) is 11.4 Å². The van der Waals surface area contributed by atoms with Gasteiger partial charge in [0.1, 0.15) is 11.9 Å². The van der Waals surface area contributed by atoms with E-state index in [2.05, 4.69) is 40.4 Å². The first-order chi connectivity index (χ1) is 16.6. The summed E-state index contributed by atoms with van der Waals surface area (Å²) >= 11 is 0. The third-order valence-corrected chi connectivity index (χ3v) is 7.97. The van der Waals surface area contributed by atoms with Gasteiger partial charge in [-0.2, -0.15) is 13.4 Å². The van der Waals surface area contributed by atoms with Crippen molar-refractivity contribution in [1.82, 2.24) is 14.7 Å². The highest BCUT2D eigenvalue weighted by Gasteiger charge is 2.40. The smallest absolute Gasteiger partial charge is 0.281 e. The number of aromatic nitrogens is 2. The lowest BCUT2D eigenvalue weighted by Gasteiger charge is -2.36. The number of carbonyl (C=O) groups is 1. The van der Waals surface area contributed by atoms with Crippen LogP contribution in [0.2, 0.25) is 0 Å². The number of pyridine rings is 2. The number of hydrogen-bond donors (Lipinski definition) is 1. The number of carbonyl (C=O) groups excluding carboxylic acids is 1. The molecule has 8 nitrogen and oxygen atoms in total. The molecule has 0 spiro atoms. The molecule has 3 aromatic rings. The molecule has 1 saturated heterocycles. The molecule has 0 aliphatic carbocycles. The predicted octanol–water partition coefficient (Wildman–Crippen LogP) is 4.36. The van der Waals surface area contributed by atoms with Gasteiger partial charge in [0.05, 0.1) is 5.56 Å². The molecular weight excluding hydrogens is 464 g/mol. The molecular formula is C26H30N4O4S. The molecule has 3 heterocycles. The van der Waals surface area contributed by atoms with Gasteiger partial charge in [-0.1, -0.05) is 43.3 Å². The van der Waals surface area contributed by atoms with Crippen LogP contribution in [0.25, 0.3) is 0 Å². The zero-order valence-electron chi connectivity index (χ0n) is 20.3. The Hall–Kier alpha value is -3.46. The van der Waals surface area contributed by atoms with E-state index in [1.165, 1.54) is 12.1 Å². The van der Waals surface area contributed by atoms with Crippen LogP contribution in [0.3, 0.4) is 0 Å². The van der Waals surface area contributed by atoms with Crippen LogP contribution < -0.4 is 14.4 Å². The number of nitrogens with zero attached hydrogens (tertiary/aromatic N) is 3. The third kappa shape index (κ3) is 5.14. The van der Waals surface area contributed by atoms with E-state index in [0.717, 1.165) is 18.5 Å². The van der Waals surface area contributed by atoms with E-state index in [1.807, 2.05) is 37.3 Å². The first kappa shape index (κ1) is 24.7. The molecule has 0 bridgehead atoms. The van der Waals surface area contributed by atoms with Crippen molar-refractivity contribution >= 4 is 21.7 Å². The van der Waals surface area contributed by atoms with Crippen molar-refractivity contribution in [3.8, 4) is 5.88 Å². The van der Waals surface area contributed by atoms with Crippen molar-refractivity contribution in [2.24, 2.45) is 5.92 Å². The Morgan fingerprint density at radius 1 is 1.11 bits per heavy atom. The lowest BCUT2D eigenvalue weighted by Crippen LogP contribution is -2.43. The zero-order chi connectivity index (χ0) is 25.2. The number of amides is 1. The fraction of sp³-hybridized carbons (Fsp3) is 0.346. The monoisotopic (exact) mass is 494 g/mol. The second-order valence-electron chi connectivity index (χ2n) is 9.29. The summed E-state index contributed by atoms with van der Waals surface area (Å²) in [6, 6.07) is 17.2. The maximum Gasteiger partial charge on any atom is 0.281 e. The largest absolute Gasteiger partial charge is 0.470 e. The normalized spacial score (nSPS) is 18.2. The summed E-state index contributed by atoms with van der Waals surface area (Å²) in [7, 11) is -4.25. The number of sulfonamides is 1. The molecule has 1 aliphatic heterocycles. The van der Waals surface area contributed by atoms with E-state index >= 15 is 0 Å². The summed E-state index contributed by atoms with van der Waals surface area (Å²) < 4.78 is 34.1. The second kappa shape index (κ2) is 9.65. The Kier molecular flexibility index (Phi) is 6.80. The van der Waals surface area contributed by atoms with Crippen LogP contribution in [-0.4, -0.2) is 36.4 Å². The number of hydrogen-bond acceptors (Lipinski definition) is 7. The lowest BCUT2D eigenvalue weighted by molar-refractivity contribution is 0.0981. The topological polar surface area (TPSA) is 101 Å². The van der Waals surface area contributed by atoms with E-state index < -0.39 is 15.9 Å². The molecule has 1 N–H and O–H groups in total. The van der Waals surface area contributed by atoms with Crippen LogP contribution in [0.4, 0.5) is 5.82 Å². The minimum atomic E-state index is -4.25. The lowest BCUT2D eigenvalue weighted by atomic mass is 9.90. The van der Waals surface area contributed by atoms with Gasteiger partial charge in [-0.05, 0) is 56.9 Å². The van der Waals surface area contributed by atoms with Gasteiger partial charge in [0.2, 0.25) is 5.88 Å². The number of rotatable bonds is 7. The van der Waals surface area contributed by atoms with Crippen LogP contribution in [0.15, 0.2) is 71.9 Å². The number of ether oxygens (including phenoxy) is 1. The summed E-state index contributed by atoms with van der Waals surface area (Å²) in [4.78, 5) is 23.8. The Morgan fingerprint density at radius 3 is 2.54 bits per heavy atom. The number of nitrogens with one attached hydrogen (secondary N) is 1. The molecule has 9 heteroatoms. The average molecular weight is 495 g/mol. The molecule has 1 amide bonds. The molecule has 4 rings (SSSR count). The van der Waals surface area contributed by atoms with Crippen molar-refractivity contribution in [1.29, 1.82) is 0 Å². The summed E-state index contributed by atoms with van der Waals surface area (Å²) in [6.07, 6.45) is 2.23. The zero-order valence-corrected chi connectivity index (χ0v) is 21.1. The maximum absolute atomic E-state index is 13.1. The van der Waals surface area contributed by atoms with E-state index in [-0.39, 0.29) is 28.1 Å². The van der Waals surface area contributed by atoms with E-state index in [0.29, 0.717) is 11.7 Å². The minimum absolute atomic E-state index is 0.145. The molecule has 1 aliphatic rings. The Labute approximate surface area is 206 Å². The Morgan fingerprint density at radius 2 is 1.86 bits per heavy atom. The molecule has 2 aromatic heterocycles. The van der Waals surface area contributed by atoms with Crippen molar-refractivity contribution < 1.29 is 17.9 Å². The molecule has 1 aromatic carbocycles. The van der Waals surface area contributed by atoms with E-state index in [4.69, 9.17) is 4.74 Å². The van der Waals surface area contributed by atoms with Crippen molar-refractivity contribution in [3.05, 3.63) is 78.0 Å². The van der Waals surface area contributed by atoms with Crippen LogP contribution in [-0.2, 0) is 10.0 Å². The van der Waals surface area contributed by atoms with Gasteiger partial charge >= 0.3 is 0 Å². The summed E-state index contributed by atoms with van der Waals surface area (Å²) in [5.74, 6) is 0.256. The Bertz CT molecular complexity index is 1310. The first-order valence-electron chi connectivity index (χ1n) is 11.6. The minimum Gasteiger partial charge on any atom is -0.470 e. The summed E-state index contributed by atoms with van der Waals surface area (Å²) in [5, 5.41) is -0.302. The fourth-order valence-corrected chi connectivity index (χ4v) is 5.14. The molecule has 0 radical (unpaired) electrons. The number of benzene rings is 1. The van der Waals surface area contributed by atoms with Crippen molar-refractivity contribution in [3.63, 3.8) is 0 Å². The second-order valence-corrected chi connectivity index (χ2v) is 10.9. The van der Waals surface area contributed by atoms with Crippen LogP contribution in [0.1, 0.15) is 56.1 Å². The van der Waals surface area contributed by atoms with E-state index in [9.17, 15) is 13.2 Å². The highest BCUT2D eigenvalue weighted by atomic mass is 32.2. The highest BCUT2D eigenvalue weighted by molar-refractivity contribution is 7.90. The van der Waals surface area contributed by atoms with Gasteiger partial charge in [0.15, 0.2) is 5.03 Å². The summed E-state index contributed by atoms with van der Waals surface area (Å²) in [6.45, 7) is 8.95. The average Bonchev–Trinajstić information content (AvgIpc) is 3.11.